The predicted octanol–water partition coefficient (Wildman–Crippen LogP) is 4.72. The zero-order chi connectivity index (χ0) is 15.7. The summed E-state index contributed by atoms with van der Waals surface area (Å²) in [4.78, 5) is 5.60. The van der Waals surface area contributed by atoms with Crippen molar-refractivity contribution in [2.75, 3.05) is 6.61 Å². The van der Waals surface area contributed by atoms with Crippen molar-refractivity contribution >= 4 is 29.9 Å². The quantitative estimate of drug-likeness (QED) is 0.779. The average molecular weight is 370 g/mol. The summed E-state index contributed by atoms with van der Waals surface area (Å²) in [5.74, 6) is 0. The lowest BCUT2D eigenvalue weighted by atomic mass is 10.1. The third-order valence-electron chi connectivity index (χ3n) is 4.24. The highest BCUT2D eigenvalue weighted by molar-refractivity contribution is 9.10. The van der Waals surface area contributed by atoms with Crippen molar-refractivity contribution < 1.29 is 9.26 Å². The Morgan fingerprint density at radius 2 is 1.86 bits per heavy atom. The van der Waals surface area contributed by atoms with Crippen molar-refractivity contribution in [3.8, 4) is 0 Å². The van der Waals surface area contributed by atoms with E-state index in [0.29, 0.717) is 6.61 Å². The number of hydrogen-bond acceptors (Lipinski definition) is 3. The Labute approximate surface area is 136 Å². The van der Waals surface area contributed by atoms with Crippen LogP contribution in [0.3, 0.4) is 0 Å². The molecular formula is C16H24BrNO2Si. The van der Waals surface area contributed by atoms with Gasteiger partial charge in [0, 0.05) is 4.47 Å². The summed E-state index contributed by atoms with van der Waals surface area (Å²) >= 11 is 3.44. The number of hydroxylamine groups is 1. The zero-order valence-corrected chi connectivity index (χ0v) is 16.0. The minimum absolute atomic E-state index is 0.0298. The molecule has 2 rings (SSSR count). The molecule has 0 amide bonds. The first-order chi connectivity index (χ1) is 9.69. The predicted molar refractivity (Wildman–Crippen MR) is 93.3 cm³/mol. The van der Waals surface area contributed by atoms with Crippen LogP contribution in [0.2, 0.25) is 18.1 Å². The van der Waals surface area contributed by atoms with Crippen molar-refractivity contribution in [1.29, 1.82) is 0 Å². The van der Waals surface area contributed by atoms with Crippen LogP contribution in [0, 0.1) is 0 Å². The van der Waals surface area contributed by atoms with Gasteiger partial charge in [-0.3, -0.25) is 10.3 Å². The SMILES string of the molecule is CC(C)(C)[Si](C)(C)OC[C@H]1C=C(c2ccc(Br)cc2)NO1. The Bertz CT molecular complexity index is 520. The number of rotatable bonds is 4. The Kier molecular flexibility index (Phi) is 4.98. The molecule has 5 heteroatoms. The maximum absolute atomic E-state index is 6.20. The van der Waals surface area contributed by atoms with Crippen molar-refractivity contribution in [3.05, 3.63) is 40.4 Å². The van der Waals surface area contributed by atoms with Crippen LogP contribution in [-0.2, 0) is 9.26 Å². The van der Waals surface area contributed by atoms with Crippen molar-refractivity contribution in [3.63, 3.8) is 0 Å². The fourth-order valence-electron chi connectivity index (χ4n) is 1.77. The van der Waals surface area contributed by atoms with Crippen molar-refractivity contribution in [2.24, 2.45) is 0 Å². The van der Waals surface area contributed by atoms with E-state index in [0.717, 1.165) is 15.7 Å². The van der Waals surface area contributed by atoms with Crippen LogP contribution in [0.1, 0.15) is 26.3 Å². The molecule has 0 aromatic heterocycles. The molecule has 0 spiro atoms. The average Bonchev–Trinajstić information content (AvgIpc) is 2.85. The van der Waals surface area contributed by atoms with Gasteiger partial charge >= 0.3 is 0 Å². The maximum Gasteiger partial charge on any atom is 0.192 e. The number of benzene rings is 1. The van der Waals surface area contributed by atoms with Crippen LogP contribution < -0.4 is 5.48 Å². The molecule has 0 bridgehead atoms. The lowest BCUT2D eigenvalue weighted by Crippen LogP contribution is -2.42. The minimum atomic E-state index is -1.72. The van der Waals surface area contributed by atoms with Gasteiger partial charge < -0.3 is 4.43 Å². The summed E-state index contributed by atoms with van der Waals surface area (Å²) in [6, 6.07) is 8.17. The van der Waals surface area contributed by atoms with Gasteiger partial charge in [-0.2, -0.15) is 0 Å². The Morgan fingerprint density at radius 3 is 2.43 bits per heavy atom. The molecule has 1 aliphatic heterocycles. The largest absolute Gasteiger partial charge is 0.414 e. The van der Waals surface area contributed by atoms with Crippen LogP contribution in [-0.4, -0.2) is 21.0 Å². The Balaban J connectivity index is 1.97. The summed E-state index contributed by atoms with van der Waals surface area (Å²) < 4.78 is 7.28. The van der Waals surface area contributed by atoms with E-state index in [1.807, 2.05) is 12.1 Å². The molecule has 1 aromatic rings. The second-order valence-electron chi connectivity index (χ2n) is 6.92. The van der Waals surface area contributed by atoms with Crippen LogP contribution >= 0.6 is 15.9 Å². The molecule has 3 nitrogen and oxygen atoms in total. The lowest BCUT2D eigenvalue weighted by molar-refractivity contribution is 0.0203. The van der Waals surface area contributed by atoms with Crippen LogP contribution in [0.25, 0.3) is 5.70 Å². The number of hydrogen-bond donors (Lipinski definition) is 1. The monoisotopic (exact) mass is 369 g/mol. The fraction of sp³-hybridized carbons (Fsp3) is 0.500. The Hall–Kier alpha value is -0.623. The summed E-state index contributed by atoms with van der Waals surface area (Å²) in [7, 11) is -1.72. The third kappa shape index (κ3) is 4.19. The van der Waals surface area contributed by atoms with E-state index in [4.69, 9.17) is 9.26 Å². The topological polar surface area (TPSA) is 30.5 Å². The number of nitrogens with one attached hydrogen (secondary N) is 1. The molecule has 0 unspecified atom stereocenters. The normalized spacial score (nSPS) is 19.3. The lowest BCUT2D eigenvalue weighted by Gasteiger charge is -2.36. The van der Waals surface area contributed by atoms with Crippen LogP contribution in [0.15, 0.2) is 34.8 Å². The Morgan fingerprint density at radius 1 is 1.24 bits per heavy atom. The molecule has 116 valence electrons. The summed E-state index contributed by atoms with van der Waals surface area (Å²) in [6.45, 7) is 11.9. The van der Waals surface area contributed by atoms with Gasteiger partial charge in [-0.05, 0) is 41.9 Å². The second kappa shape index (κ2) is 6.24. The molecule has 1 aromatic carbocycles. The van der Waals surface area contributed by atoms with Gasteiger partial charge in [0.15, 0.2) is 8.32 Å². The van der Waals surface area contributed by atoms with Crippen molar-refractivity contribution in [2.45, 2.75) is 45.0 Å². The number of halogens is 1. The summed E-state index contributed by atoms with van der Waals surface area (Å²) in [5.41, 5.74) is 5.12. The smallest absolute Gasteiger partial charge is 0.192 e. The van der Waals surface area contributed by atoms with Crippen molar-refractivity contribution in [1.82, 2.24) is 5.48 Å². The zero-order valence-electron chi connectivity index (χ0n) is 13.4. The molecule has 1 heterocycles. The van der Waals surface area contributed by atoms with E-state index >= 15 is 0 Å². The van der Waals surface area contributed by atoms with E-state index in [1.54, 1.807) is 0 Å². The van der Waals surface area contributed by atoms with E-state index in [-0.39, 0.29) is 11.1 Å². The van der Waals surface area contributed by atoms with Gasteiger partial charge in [-0.15, -0.1) is 0 Å². The summed E-state index contributed by atoms with van der Waals surface area (Å²) in [6.07, 6.45) is 2.06. The summed E-state index contributed by atoms with van der Waals surface area (Å²) in [5, 5.41) is 0.220. The van der Waals surface area contributed by atoms with Gasteiger partial charge in [0.2, 0.25) is 0 Å². The molecule has 1 aliphatic rings. The van der Waals surface area contributed by atoms with Gasteiger partial charge in [0.25, 0.3) is 0 Å². The maximum atomic E-state index is 6.20. The third-order valence-corrected chi connectivity index (χ3v) is 9.27. The van der Waals surface area contributed by atoms with Crippen LogP contribution in [0.5, 0.6) is 0 Å². The molecule has 21 heavy (non-hydrogen) atoms. The molecule has 0 fully saturated rings. The molecule has 0 radical (unpaired) electrons. The van der Waals surface area contributed by atoms with Gasteiger partial charge in [0.05, 0.1) is 12.3 Å². The molecule has 0 saturated carbocycles. The van der Waals surface area contributed by atoms with E-state index in [1.165, 1.54) is 0 Å². The molecular weight excluding hydrogens is 346 g/mol. The molecule has 0 aliphatic carbocycles. The fourth-order valence-corrected chi connectivity index (χ4v) is 3.05. The van der Waals surface area contributed by atoms with E-state index < -0.39 is 8.32 Å². The highest BCUT2D eigenvalue weighted by Gasteiger charge is 2.37. The highest BCUT2D eigenvalue weighted by atomic mass is 79.9. The second-order valence-corrected chi connectivity index (χ2v) is 12.6. The minimum Gasteiger partial charge on any atom is -0.414 e. The van der Waals surface area contributed by atoms with Gasteiger partial charge in [0.1, 0.15) is 6.10 Å². The standard InChI is InChI=1S/C16H24BrNO2Si/c1-16(2,3)21(4,5)19-11-14-10-15(18-20-14)12-6-8-13(17)9-7-12/h6-10,14,18H,11H2,1-5H3/t14-/m1/s1. The molecule has 1 atom stereocenters. The first kappa shape index (κ1) is 16.7. The first-order valence-electron chi connectivity index (χ1n) is 7.22. The highest BCUT2D eigenvalue weighted by Crippen LogP contribution is 2.36. The molecule has 0 saturated heterocycles. The first-order valence-corrected chi connectivity index (χ1v) is 10.9. The van der Waals surface area contributed by atoms with Gasteiger partial charge in [-0.25, -0.2) is 0 Å². The van der Waals surface area contributed by atoms with Gasteiger partial charge in [-0.1, -0.05) is 48.8 Å². The molecule has 1 N–H and O–H groups in total. The van der Waals surface area contributed by atoms with E-state index in [9.17, 15) is 0 Å². The van der Waals surface area contributed by atoms with E-state index in [2.05, 4.69) is 73.5 Å². The van der Waals surface area contributed by atoms with Crippen LogP contribution in [0.4, 0.5) is 0 Å².